The van der Waals surface area contributed by atoms with E-state index in [1.54, 1.807) is 9.80 Å². The number of nitrogens with zero attached hydrogens (tertiary/aromatic N) is 2. The lowest BCUT2D eigenvalue weighted by molar-refractivity contribution is -0.140. The van der Waals surface area contributed by atoms with Gasteiger partial charge in [0.1, 0.15) is 5.82 Å². The van der Waals surface area contributed by atoms with Crippen molar-refractivity contribution in [2.75, 3.05) is 26.2 Å². The third kappa shape index (κ3) is 3.86. The van der Waals surface area contributed by atoms with Crippen LogP contribution < -0.4 is 5.73 Å². The quantitative estimate of drug-likeness (QED) is 0.856. The average molecular weight is 382 g/mol. The molecule has 2 N–H and O–H groups in total. The van der Waals surface area contributed by atoms with Crippen LogP contribution in [0.4, 0.5) is 4.39 Å². The predicted octanol–water partition coefficient (Wildman–Crippen LogP) is 2.67. The summed E-state index contributed by atoms with van der Waals surface area (Å²) in [5, 5.41) is 0.256. The number of carbonyl (C=O) groups excluding carboxylic acids is 2. The molecule has 1 aliphatic carbocycles. The van der Waals surface area contributed by atoms with Crippen molar-refractivity contribution in [3.05, 3.63) is 34.6 Å². The van der Waals surface area contributed by atoms with Crippen LogP contribution in [0.3, 0.4) is 0 Å². The van der Waals surface area contributed by atoms with Gasteiger partial charge in [-0.2, -0.15) is 0 Å². The molecule has 7 heteroatoms. The van der Waals surface area contributed by atoms with E-state index in [1.165, 1.54) is 12.1 Å². The van der Waals surface area contributed by atoms with Crippen LogP contribution in [0.25, 0.3) is 0 Å². The summed E-state index contributed by atoms with van der Waals surface area (Å²) in [7, 11) is 0. The maximum absolute atomic E-state index is 14.0. The molecule has 2 amide bonds. The van der Waals surface area contributed by atoms with Gasteiger partial charge in [0.15, 0.2) is 0 Å². The molecule has 0 aromatic heterocycles. The van der Waals surface area contributed by atoms with Gasteiger partial charge < -0.3 is 15.5 Å². The fourth-order valence-electron chi connectivity index (χ4n) is 3.95. The summed E-state index contributed by atoms with van der Waals surface area (Å²) in [6, 6.07) is 4.04. The number of benzene rings is 1. The molecule has 1 saturated heterocycles. The largest absolute Gasteiger partial charge is 0.339 e. The van der Waals surface area contributed by atoms with E-state index < -0.39 is 11.4 Å². The number of nitrogens with two attached hydrogens (primary N) is 1. The molecule has 3 rings (SSSR count). The van der Waals surface area contributed by atoms with Gasteiger partial charge in [-0.25, -0.2) is 4.39 Å². The Labute approximate surface area is 158 Å². The highest BCUT2D eigenvalue weighted by Crippen LogP contribution is 2.33. The molecular weight excluding hydrogens is 357 g/mol. The summed E-state index contributed by atoms with van der Waals surface area (Å²) >= 11 is 5.74. The smallest absolute Gasteiger partial charge is 0.256 e. The minimum absolute atomic E-state index is 0.0102. The standard InChI is InChI=1S/C19H25ClFN3O2/c1-19(22)7-3-2-4-15(19)18(26)24-10-8-23(9-11-24)17(25)14-6-5-13(20)12-16(14)21/h5-6,12,15H,2-4,7-11,22H2,1H3. The van der Waals surface area contributed by atoms with E-state index in [-0.39, 0.29) is 28.3 Å². The Hall–Kier alpha value is -1.66. The Morgan fingerprint density at radius 2 is 1.85 bits per heavy atom. The topological polar surface area (TPSA) is 66.6 Å². The first-order chi connectivity index (χ1) is 12.3. The molecule has 142 valence electrons. The molecule has 1 aromatic rings. The van der Waals surface area contributed by atoms with Gasteiger partial charge in [-0.15, -0.1) is 0 Å². The third-order valence-electron chi connectivity index (χ3n) is 5.59. The Bertz CT molecular complexity index is 702. The van der Waals surface area contributed by atoms with E-state index in [9.17, 15) is 14.0 Å². The van der Waals surface area contributed by atoms with Crippen molar-refractivity contribution in [3.8, 4) is 0 Å². The zero-order valence-corrected chi connectivity index (χ0v) is 15.8. The number of rotatable bonds is 2. The molecule has 2 aliphatic rings. The highest BCUT2D eigenvalue weighted by molar-refractivity contribution is 6.30. The van der Waals surface area contributed by atoms with E-state index >= 15 is 0 Å². The van der Waals surface area contributed by atoms with E-state index in [1.807, 2.05) is 6.92 Å². The Morgan fingerprint density at radius 1 is 1.19 bits per heavy atom. The number of piperazine rings is 1. The van der Waals surface area contributed by atoms with Crippen LogP contribution in [0.2, 0.25) is 5.02 Å². The molecule has 0 bridgehead atoms. The maximum atomic E-state index is 14.0. The SMILES string of the molecule is CC1(N)CCCCC1C(=O)N1CCN(C(=O)c2ccc(Cl)cc2F)CC1. The Balaban J connectivity index is 1.62. The van der Waals surface area contributed by atoms with Gasteiger partial charge in [0.2, 0.25) is 5.91 Å². The second-order valence-electron chi connectivity index (χ2n) is 7.55. The summed E-state index contributed by atoms with van der Waals surface area (Å²) in [6.45, 7) is 3.64. The fourth-order valence-corrected chi connectivity index (χ4v) is 4.11. The first-order valence-corrected chi connectivity index (χ1v) is 9.49. The number of carbonyl (C=O) groups is 2. The molecule has 1 aromatic carbocycles. The fraction of sp³-hybridized carbons (Fsp3) is 0.579. The van der Waals surface area contributed by atoms with Crippen molar-refractivity contribution in [3.63, 3.8) is 0 Å². The van der Waals surface area contributed by atoms with Crippen LogP contribution in [0.15, 0.2) is 18.2 Å². The van der Waals surface area contributed by atoms with Gasteiger partial charge in [-0.05, 0) is 38.0 Å². The van der Waals surface area contributed by atoms with Crippen LogP contribution in [-0.2, 0) is 4.79 Å². The molecule has 2 unspecified atom stereocenters. The zero-order valence-electron chi connectivity index (χ0n) is 15.0. The molecule has 1 saturated carbocycles. The van der Waals surface area contributed by atoms with E-state index in [0.717, 1.165) is 31.7 Å². The Morgan fingerprint density at radius 3 is 2.46 bits per heavy atom. The third-order valence-corrected chi connectivity index (χ3v) is 5.83. The van der Waals surface area contributed by atoms with E-state index in [0.29, 0.717) is 26.2 Å². The first-order valence-electron chi connectivity index (χ1n) is 9.11. The minimum atomic E-state index is -0.623. The predicted molar refractivity (Wildman–Crippen MR) is 98.4 cm³/mol. The van der Waals surface area contributed by atoms with Gasteiger partial charge >= 0.3 is 0 Å². The number of halogens is 2. The average Bonchev–Trinajstić information content (AvgIpc) is 2.60. The lowest BCUT2D eigenvalue weighted by Crippen LogP contribution is -2.57. The van der Waals surface area contributed by atoms with Crippen molar-refractivity contribution in [1.29, 1.82) is 0 Å². The van der Waals surface area contributed by atoms with Crippen LogP contribution in [0, 0.1) is 11.7 Å². The van der Waals surface area contributed by atoms with Gasteiger partial charge in [-0.3, -0.25) is 9.59 Å². The van der Waals surface area contributed by atoms with Crippen LogP contribution in [0.1, 0.15) is 43.0 Å². The molecule has 0 spiro atoms. The number of amides is 2. The highest BCUT2D eigenvalue weighted by Gasteiger charge is 2.40. The number of hydrogen-bond acceptors (Lipinski definition) is 3. The highest BCUT2D eigenvalue weighted by atomic mass is 35.5. The molecule has 26 heavy (non-hydrogen) atoms. The Kier molecular flexibility index (Phi) is 5.53. The normalized spacial score (nSPS) is 26.7. The van der Waals surface area contributed by atoms with Crippen molar-refractivity contribution in [2.24, 2.45) is 11.7 Å². The lowest BCUT2D eigenvalue weighted by atomic mass is 9.74. The molecule has 1 heterocycles. The summed E-state index contributed by atoms with van der Waals surface area (Å²) in [4.78, 5) is 28.8. The monoisotopic (exact) mass is 381 g/mol. The van der Waals surface area contributed by atoms with Crippen molar-refractivity contribution in [2.45, 2.75) is 38.1 Å². The van der Waals surface area contributed by atoms with Gasteiger partial charge in [-0.1, -0.05) is 24.4 Å². The summed E-state index contributed by atoms with van der Waals surface area (Å²) < 4.78 is 14.0. The van der Waals surface area contributed by atoms with Crippen LogP contribution in [0.5, 0.6) is 0 Å². The molecule has 5 nitrogen and oxygen atoms in total. The van der Waals surface area contributed by atoms with Gasteiger partial charge in [0.05, 0.1) is 11.5 Å². The minimum Gasteiger partial charge on any atom is -0.339 e. The molecule has 2 fully saturated rings. The summed E-state index contributed by atoms with van der Waals surface area (Å²) in [5.74, 6) is -1.07. The van der Waals surface area contributed by atoms with Crippen LogP contribution in [-0.4, -0.2) is 53.3 Å². The molecular formula is C19H25ClFN3O2. The molecule has 1 aliphatic heterocycles. The first kappa shape index (κ1) is 19.1. The second kappa shape index (κ2) is 7.53. The van der Waals surface area contributed by atoms with Crippen molar-refractivity contribution >= 4 is 23.4 Å². The van der Waals surface area contributed by atoms with Gasteiger partial charge in [0, 0.05) is 36.7 Å². The molecule has 2 atom stereocenters. The van der Waals surface area contributed by atoms with E-state index in [4.69, 9.17) is 17.3 Å². The maximum Gasteiger partial charge on any atom is 0.256 e. The lowest BCUT2D eigenvalue weighted by Gasteiger charge is -2.42. The van der Waals surface area contributed by atoms with Crippen molar-refractivity contribution < 1.29 is 14.0 Å². The van der Waals surface area contributed by atoms with Gasteiger partial charge in [0.25, 0.3) is 5.91 Å². The summed E-state index contributed by atoms with van der Waals surface area (Å²) in [5.41, 5.74) is 5.89. The zero-order chi connectivity index (χ0) is 18.9. The second-order valence-corrected chi connectivity index (χ2v) is 7.98. The van der Waals surface area contributed by atoms with E-state index in [2.05, 4.69) is 0 Å². The van der Waals surface area contributed by atoms with Crippen LogP contribution >= 0.6 is 11.6 Å². The van der Waals surface area contributed by atoms with Crippen molar-refractivity contribution in [1.82, 2.24) is 9.80 Å². The number of hydrogen-bond donors (Lipinski definition) is 1. The summed E-state index contributed by atoms with van der Waals surface area (Å²) in [6.07, 6.45) is 3.77. The molecule has 0 radical (unpaired) electrons.